The van der Waals surface area contributed by atoms with Gasteiger partial charge in [0.2, 0.25) is 0 Å². The van der Waals surface area contributed by atoms with Gasteiger partial charge in [0.15, 0.2) is 0 Å². The van der Waals surface area contributed by atoms with Gasteiger partial charge in [-0.1, -0.05) is 0 Å². The Labute approximate surface area is 185 Å². The summed E-state index contributed by atoms with van der Waals surface area (Å²) >= 11 is 3.11. The van der Waals surface area contributed by atoms with E-state index in [9.17, 15) is 48.6 Å². The summed E-state index contributed by atoms with van der Waals surface area (Å²) in [6.07, 6.45) is -7.88. The molecule has 0 spiro atoms. The van der Waals surface area contributed by atoms with Crippen LogP contribution in [0.25, 0.3) is 0 Å². The molecule has 0 amide bonds. The Hall–Kier alpha value is -0.660. The van der Waals surface area contributed by atoms with E-state index in [1.54, 1.807) is 45.2 Å². The van der Waals surface area contributed by atoms with Gasteiger partial charge < -0.3 is 9.84 Å². The Morgan fingerprint density at radius 3 is 1.93 bits per heavy atom. The molecule has 0 aromatic heterocycles. The van der Waals surface area contributed by atoms with Crippen LogP contribution in [0.4, 0.5) is 35.1 Å². The highest BCUT2D eigenvalue weighted by Crippen LogP contribution is 2.39. The van der Waals surface area contributed by atoms with Crippen molar-refractivity contribution < 1.29 is 53.4 Å². The Balaban J connectivity index is 2.94. The van der Waals surface area contributed by atoms with Crippen molar-refractivity contribution in [1.29, 1.82) is 0 Å². The summed E-state index contributed by atoms with van der Waals surface area (Å²) in [6, 6.07) is 1.86. The zero-order valence-corrected chi connectivity index (χ0v) is 18.7. The van der Waals surface area contributed by atoms with E-state index < -0.39 is 58.5 Å². The van der Waals surface area contributed by atoms with E-state index in [4.69, 9.17) is 4.74 Å². The predicted octanol–water partition coefficient (Wildman–Crippen LogP) is 4.21. The van der Waals surface area contributed by atoms with E-state index in [-0.39, 0.29) is 12.9 Å². The maximum absolute atomic E-state index is 12.8. The SMILES string of the molecule is O=S(=O)(/N=C(\[O-])c1cc(I)c(OCCCC(F)(F)C(F)(F)F)c(I)c1)C(F)(F)F. The number of hydrogen-bond acceptors (Lipinski definition) is 4. The summed E-state index contributed by atoms with van der Waals surface area (Å²) in [7, 11) is -6.05. The lowest BCUT2D eigenvalue weighted by Crippen LogP contribution is -2.36. The lowest BCUT2D eigenvalue weighted by molar-refractivity contribution is -0.284. The zero-order chi connectivity index (χ0) is 22.8. The lowest BCUT2D eigenvalue weighted by atomic mass is 10.2. The maximum Gasteiger partial charge on any atom is 0.518 e. The summed E-state index contributed by atoms with van der Waals surface area (Å²) in [6.45, 7) is -0.544. The number of ether oxygens (including phenoxy) is 1. The van der Waals surface area contributed by atoms with Crippen molar-refractivity contribution in [2.24, 2.45) is 4.40 Å². The molecule has 0 N–H and O–H groups in total. The normalized spacial score (nSPS) is 14.2. The van der Waals surface area contributed by atoms with Gasteiger partial charge in [0, 0.05) is 12.3 Å². The molecule has 166 valence electrons. The quantitative estimate of drug-likeness (QED) is 0.142. The second-order valence-corrected chi connectivity index (χ2v) is 9.16. The molecule has 16 heteroatoms. The first-order chi connectivity index (χ1) is 12.9. The molecule has 0 unspecified atom stereocenters. The first-order valence-electron chi connectivity index (χ1n) is 7.04. The van der Waals surface area contributed by atoms with Crippen molar-refractivity contribution in [1.82, 2.24) is 0 Å². The summed E-state index contributed by atoms with van der Waals surface area (Å²) in [5.41, 5.74) is -6.28. The van der Waals surface area contributed by atoms with Crippen LogP contribution in [0.3, 0.4) is 0 Å². The zero-order valence-electron chi connectivity index (χ0n) is 13.5. The van der Waals surface area contributed by atoms with E-state index in [0.717, 1.165) is 12.1 Å². The number of benzene rings is 1. The average Bonchev–Trinajstić information content (AvgIpc) is 2.50. The fourth-order valence-corrected chi connectivity index (χ4v) is 4.15. The van der Waals surface area contributed by atoms with Crippen molar-refractivity contribution in [3.8, 4) is 5.75 Å². The molecule has 0 fully saturated rings. The number of rotatable bonds is 7. The minimum Gasteiger partial charge on any atom is -0.858 e. The van der Waals surface area contributed by atoms with Crippen molar-refractivity contribution in [3.05, 3.63) is 24.8 Å². The Bertz CT molecular complexity index is 861. The van der Waals surface area contributed by atoms with Gasteiger partial charge in [0.1, 0.15) is 5.75 Å². The second kappa shape index (κ2) is 9.23. The third kappa shape index (κ3) is 6.93. The molecule has 0 atom stereocenters. The van der Waals surface area contributed by atoms with Crippen LogP contribution in [0.1, 0.15) is 18.4 Å². The highest BCUT2D eigenvalue weighted by atomic mass is 127. The molecule has 1 rings (SSSR count). The molecule has 0 bridgehead atoms. The molecule has 0 saturated carbocycles. The van der Waals surface area contributed by atoms with Gasteiger partial charge in [-0.15, -0.1) is 0 Å². The Morgan fingerprint density at radius 1 is 1.03 bits per heavy atom. The first kappa shape index (κ1) is 26.4. The number of sulfonamides is 1. The largest absolute Gasteiger partial charge is 0.858 e. The summed E-state index contributed by atoms with van der Waals surface area (Å²) in [4.78, 5) is 0. The minimum atomic E-state index is -6.05. The van der Waals surface area contributed by atoms with E-state index in [1.165, 1.54) is 0 Å². The van der Waals surface area contributed by atoms with Gasteiger partial charge >= 0.3 is 27.6 Å². The van der Waals surface area contributed by atoms with Crippen LogP contribution >= 0.6 is 45.2 Å². The third-order valence-corrected chi connectivity index (χ3v) is 5.63. The van der Waals surface area contributed by atoms with Gasteiger partial charge in [0.25, 0.3) is 0 Å². The molecule has 0 saturated heterocycles. The first-order valence-corrected chi connectivity index (χ1v) is 10.6. The highest BCUT2D eigenvalue weighted by Gasteiger charge is 2.56. The van der Waals surface area contributed by atoms with Gasteiger partial charge in [-0.3, -0.25) is 0 Å². The smallest absolute Gasteiger partial charge is 0.518 e. The summed E-state index contributed by atoms with van der Waals surface area (Å²) < 4.78 is 128. The average molecular weight is 680 g/mol. The maximum atomic E-state index is 12.8. The van der Waals surface area contributed by atoms with E-state index >= 15 is 0 Å². The van der Waals surface area contributed by atoms with Crippen molar-refractivity contribution in [2.45, 2.75) is 30.4 Å². The fourth-order valence-electron chi connectivity index (χ4n) is 1.65. The monoisotopic (exact) mass is 680 g/mol. The van der Waals surface area contributed by atoms with E-state index in [2.05, 4.69) is 4.40 Å². The molecule has 0 aliphatic rings. The molecule has 0 heterocycles. The van der Waals surface area contributed by atoms with Gasteiger partial charge in [0.05, 0.1) is 13.7 Å². The molecule has 5 nitrogen and oxygen atoms in total. The number of halogens is 10. The van der Waals surface area contributed by atoms with Crippen LogP contribution in [0, 0.1) is 7.14 Å². The molecular formula is C13H8F8I2NO4S-. The molecule has 0 aliphatic carbocycles. The minimum absolute atomic E-state index is 0.0308. The molecule has 29 heavy (non-hydrogen) atoms. The van der Waals surface area contributed by atoms with E-state index in [1.807, 2.05) is 0 Å². The van der Waals surface area contributed by atoms with Crippen LogP contribution in [-0.4, -0.2) is 38.5 Å². The van der Waals surface area contributed by atoms with Gasteiger partial charge in [-0.05, 0) is 69.3 Å². The van der Waals surface area contributed by atoms with Crippen molar-refractivity contribution >= 4 is 61.1 Å². The highest BCUT2D eigenvalue weighted by molar-refractivity contribution is 14.1. The lowest BCUT2D eigenvalue weighted by Gasteiger charge is -2.20. The summed E-state index contributed by atoms with van der Waals surface area (Å²) in [5.74, 6) is -6.62. The van der Waals surface area contributed by atoms with Gasteiger partial charge in [-0.25, -0.2) is 0 Å². The standard InChI is InChI=1S/C13H9F8I2NO4S/c14-11(15,12(16,17)18)2-1-3-28-9-7(22)4-6(5-8(9)23)10(25)24-29(26,27)13(19,20)21/h4-5H,1-3H2,(H,24,25)/p-1. The summed E-state index contributed by atoms with van der Waals surface area (Å²) in [5, 5.41) is 11.7. The Morgan fingerprint density at radius 2 is 1.52 bits per heavy atom. The van der Waals surface area contributed by atoms with Crippen LogP contribution in [0.5, 0.6) is 5.75 Å². The number of nitrogens with zero attached hydrogens (tertiary/aromatic N) is 1. The fraction of sp³-hybridized carbons (Fsp3) is 0.462. The topological polar surface area (TPSA) is 78.8 Å². The van der Waals surface area contributed by atoms with Crippen LogP contribution < -0.4 is 9.84 Å². The second-order valence-electron chi connectivity index (χ2n) is 5.24. The number of hydrogen-bond donors (Lipinski definition) is 0. The van der Waals surface area contributed by atoms with Crippen molar-refractivity contribution in [2.75, 3.05) is 6.61 Å². The van der Waals surface area contributed by atoms with Gasteiger partial charge in [-0.2, -0.15) is 47.9 Å². The Kier molecular flexibility index (Phi) is 8.39. The number of alkyl halides is 8. The predicted molar refractivity (Wildman–Crippen MR) is 99.1 cm³/mol. The van der Waals surface area contributed by atoms with Crippen molar-refractivity contribution in [3.63, 3.8) is 0 Å². The molecule has 0 aliphatic heterocycles. The van der Waals surface area contributed by atoms with E-state index in [0.29, 0.717) is 0 Å². The van der Waals surface area contributed by atoms with Crippen LogP contribution in [0.15, 0.2) is 16.5 Å². The van der Waals surface area contributed by atoms with Crippen LogP contribution in [-0.2, 0) is 10.0 Å². The molecule has 1 aromatic carbocycles. The van der Waals surface area contributed by atoms with Crippen LogP contribution in [0.2, 0.25) is 0 Å². The molecule has 1 aromatic rings. The third-order valence-electron chi connectivity index (χ3n) is 3.04. The molecule has 0 radical (unpaired) electrons. The molecular weight excluding hydrogens is 672 g/mol.